The van der Waals surface area contributed by atoms with E-state index in [0.717, 1.165) is 12.1 Å². The van der Waals surface area contributed by atoms with Crippen LogP contribution in [-0.4, -0.2) is 11.8 Å². The third-order valence-corrected chi connectivity index (χ3v) is 3.80. The summed E-state index contributed by atoms with van der Waals surface area (Å²) in [4.78, 5) is 0. The number of hydrogen-bond donors (Lipinski definition) is 1. The normalized spacial score (nSPS) is 26.8. The zero-order chi connectivity index (χ0) is 10.1. The number of nitrogens with one attached hydrogen (secondary N) is 1. The molecule has 76 valence electrons. The molecule has 1 aliphatic rings. The summed E-state index contributed by atoms with van der Waals surface area (Å²) in [6.45, 7) is 5.20. The van der Waals surface area contributed by atoms with Crippen LogP contribution in [0.25, 0.3) is 0 Å². The first-order chi connectivity index (χ1) is 6.66. The summed E-state index contributed by atoms with van der Waals surface area (Å²) < 4.78 is 12.9. The number of halogens is 1. The second kappa shape index (κ2) is 3.91. The first kappa shape index (κ1) is 9.99. The predicted molar refractivity (Wildman–Crippen MR) is 58.9 cm³/mol. The lowest BCUT2D eigenvalue weighted by atomic mass is 10.1. The molecule has 0 aliphatic carbocycles. The summed E-state index contributed by atoms with van der Waals surface area (Å²) in [5.41, 5.74) is 2.24. The van der Waals surface area contributed by atoms with Crippen LogP contribution in [0.1, 0.15) is 23.4 Å². The number of aryl methyl sites for hydroxylation is 1. The first-order valence-corrected chi connectivity index (χ1v) is 5.76. The van der Waals surface area contributed by atoms with Gasteiger partial charge in [-0.3, -0.25) is 0 Å². The van der Waals surface area contributed by atoms with Crippen LogP contribution in [0.3, 0.4) is 0 Å². The van der Waals surface area contributed by atoms with Gasteiger partial charge in [0.15, 0.2) is 0 Å². The van der Waals surface area contributed by atoms with E-state index in [1.165, 1.54) is 11.6 Å². The summed E-state index contributed by atoms with van der Waals surface area (Å²) in [7, 11) is 0. The van der Waals surface area contributed by atoms with Gasteiger partial charge in [0.05, 0.1) is 5.37 Å². The Hall–Kier alpha value is -0.540. The second-order valence-corrected chi connectivity index (χ2v) is 5.28. The Morgan fingerprint density at radius 2 is 2.29 bits per heavy atom. The van der Waals surface area contributed by atoms with Crippen LogP contribution in [0.2, 0.25) is 0 Å². The molecule has 1 heterocycles. The summed E-state index contributed by atoms with van der Waals surface area (Å²) >= 11 is 1.91. The highest BCUT2D eigenvalue weighted by molar-refractivity contribution is 8.00. The number of benzene rings is 1. The first-order valence-electron chi connectivity index (χ1n) is 4.81. The lowest BCUT2D eigenvalue weighted by Gasteiger charge is -2.13. The van der Waals surface area contributed by atoms with Crippen LogP contribution < -0.4 is 5.32 Å². The van der Waals surface area contributed by atoms with E-state index in [9.17, 15) is 4.39 Å². The minimum absolute atomic E-state index is 0.151. The maximum atomic E-state index is 12.9. The van der Waals surface area contributed by atoms with Gasteiger partial charge in [0, 0.05) is 11.8 Å². The Morgan fingerprint density at radius 1 is 1.50 bits per heavy atom. The van der Waals surface area contributed by atoms with Crippen LogP contribution in [-0.2, 0) is 0 Å². The van der Waals surface area contributed by atoms with Gasteiger partial charge in [0.25, 0.3) is 0 Å². The van der Waals surface area contributed by atoms with E-state index < -0.39 is 0 Å². The molecule has 0 spiro atoms. The van der Waals surface area contributed by atoms with Crippen molar-refractivity contribution in [3.63, 3.8) is 0 Å². The van der Waals surface area contributed by atoms with Gasteiger partial charge in [-0.25, -0.2) is 4.39 Å². The molecule has 3 heteroatoms. The zero-order valence-electron chi connectivity index (χ0n) is 8.38. The molecule has 2 atom stereocenters. The molecule has 1 aliphatic heterocycles. The summed E-state index contributed by atoms with van der Waals surface area (Å²) in [5.74, 6) is -0.151. The quantitative estimate of drug-likeness (QED) is 0.766. The van der Waals surface area contributed by atoms with Crippen LogP contribution in [0.4, 0.5) is 4.39 Å². The molecule has 0 saturated carbocycles. The van der Waals surface area contributed by atoms with Gasteiger partial charge < -0.3 is 5.32 Å². The van der Waals surface area contributed by atoms with Gasteiger partial charge in [-0.05, 0) is 30.2 Å². The van der Waals surface area contributed by atoms with Gasteiger partial charge in [0.2, 0.25) is 0 Å². The zero-order valence-corrected chi connectivity index (χ0v) is 9.20. The molecular weight excluding hydrogens is 197 g/mol. The topological polar surface area (TPSA) is 12.0 Å². The van der Waals surface area contributed by atoms with Crippen molar-refractivity contribution in [2.45, 2.75) is 24.5 Å². The van der Waals surface area contributed by atoms with E-state index in [1.807, 2.05) is 24.8 Å². The molecule has 1 nitrogen and oxygen atoms in total. The SMILES string of the molecule is Cc1cc(F)ccc1C1NCC(C)S1. The molecule has 2 rings (SSSR count). The monoisotopic (exact) mass is 211 g/mol. The van der Waals surface area contributed by atoms with Gasteiger partial charge in [0.1, 0.15) is 5.82 Å². The van der Waals surface area contributed by atoms with E-state index >= 15 is 0 Å². The Bertz CT molecular complexity index is 340. The van der Waals surface area contributed by atoms with Crippen LogP contribution in [0, 0.1) is 12.7 Å². The van der Waals surface area contributed by atoms with Crippen LogP contribution >= 0.6 is 11.8 Å². The highest BCUT2D eigenvalue weighted by Crippen LogP contribution is 2.36. The van der Waals surface area contributed by atoms with Crippen molar-refractivity contribution in [2.24, 2.45) is 0 Å². The lowest BCUT2D eigenvalue weighted by molar-refractivity contribution is 0.624. The van der Waals surface area contributed by atoms with Gasteiger partial charge >= 0.3 is 0 Å². The molecule has 2 unspecified atom stereocenters. The average molecular weight is 211 g/mol. The third kappa shape index (κ3) is 1.93. The van der Waals surface area contributed by atoms with Crippen molar-refractivity contribution < 1.29 is 4.39 Å². The van der Waals surface area contributed by atoms with Crippen molar-refractivity contribution in [2.75, 3.05) is 6.54 Å². The van der Waals surface area contributed by atoms with Gasteiger partial charge in [-0.15, -0.1) is 11.8 Å². The van der Waals surface area contributed by atoms with Crippen molar-refractivity contribution in [1.82, 2.24) is 5.32 Å². The fraction of sp³-hybridized carbons (Fsp3) is 0.455. The van der Waals surface area contributed by atoms with Gasteiger partial charge in [-0.1, -0.05) is 13.0 Å². The fourth-order valence-electron chi connectivity index (χ4n) is 1.72. The maximum Gasteiger partial charge on any atom is 0.123 e. The van der Waals surface area contributed by atoms with E-state index in [2.05, 4.69) is 12.2 Å². The van der Waals surface area contributed by atoms with E-state index in [1.54, 1.807) is 6.07 Å². The highest BCUT2D eigenvalue weighted by atomic mass is 32.2. The summed E-state index contributed by atoms with van der Waals surface area (Å²) in [6, 6.07) is 5.02. The maximum absolute atomic E-state index is 12.9. The van der Waals surface area contributed by atoms with E-state index in [-0.39, 0.29) is 5.82 Å². The van der Waals surface area contributed by atoms with Crippen LogP contribution in [0.15, 0.2) is 18.2 Å². The molecule has 0 aromatic heterocycles. The molecule has 0 bridgehead atoms. The Morgan fingerprint density at radius 3 is 2.86 bits per heavy atom. The van der Waals surface area contributed by atoms with Crippen molar-refractivity contribution in [3.05, 3.63) is 35.1 Å². The number of rotatable bonds is 1. The molecular formula is C11H14FNS. The van der Waals surface area contributed by atoms with E-state index in [4.69, 9.17) is 0 Å². The summed E-state index contributed by atoms with van der Waals surface area (Å²) in [5, 5.41) is 4.40. The predicted octanol–water partition coefficient (Wildman–Crippen LogP) is 2.86. The molecule has 1 fully saturated rings. The largest absolute Gasteiger partial charge is 0.301 e. The Kier molecular flexibility index (Phi) is 2.79. The molecule has 0 radical (unpaired) electrons. The van der Waals surface area contributed by atoms with Crippen molar-refractivity contribution in [1.29, 1.82) is 0 Å². The number of thioether (sulfide) groups is 1. The standard InChI is InChI=1S/C11H14FNS/c1-7-5-9(12)3-4-10(7)11-13-6-8(2)14-11/h3-5,8,11,13H,6H2,1-2H3. The van der Waals surface area contributed by atoms with Crippen molar-refractivity contribution in [3.8, 4) is 0 Å². The Labute approximate surface area is 88.1 Å². The minimum atomic E-state index is -0.151. The van der Waals surface area contributed by atoms with Crippen LogP contribution in [0.5, 0.6) is 0 Å². The Balaban J connectivity index is 2.24. The van der Waals surface area contributed by atoms with Crippen molar-refractivity contribution >= 4 is 11.8 Å². The second-order valence-electron chi connectivity index (χ2n) is 3.74. The lowest BCUT2D eigenvalue weighted by Crippen LogP contribution is -2.14. The third-order valence-electron chi connectivity index (χ3n) is 2.47. The molecule has 1 saturated heterocycles. The smallest absolute Gasteiger partial charge is 0.123 e. The highest BCUT2D eigenvalue weighted by Gasteiger charge is 2.23. The minimum Gasteiger partial charge on any atom is -0.301 e. The summed E-state index contributed by atoms with van der Waals surface area (Å²) in [6.07, 6.45) is 0. The molecule has 1 aromatic rings. The van der Waals surface area contributed by atoms with Gasteiger partial charge in [-0.2, -0.15) is 0 Å². The fourth-order valence-corrected chi connectivity index (χ4v) is 2.98. The number of hydrogen-bond acceptors (Lipinski definition) is 2. The molecule has 1 N–H and O–H groups in total. The average Bonchev–Trinajstić information content (AvgIpc) is 2.51. The molecule has 0 amide bonds. The molecule has 14 heavy (non-hydrogen) atoms. The van der Waals surface area contributed by atoms with E-state index in [0.29, 0.717) is 10.6 Å². The molecule has 1 aromatic carbocycles.